The average molecular weight is 289 g/mol. The molecule has 1 aromatic rings. The number of hydrogen-bond donors (Lipinski definition) is 1. The van der Waals surface area contributed by atoms with Crippen LogP contribution in [0, 0.1) is 5.92 Å². The van der Waals surface area contributed by atoms with Gasteiger partial charge in [0.25, 0.3) is 0 Å². The van der Waals surface area contributed by atoms with Gasteiger partial charge in [0.1, 0.15) is 0 Å². The van der Waals surface area contributed by atoms with Crippen LogP contribution >= 0.6 is 27.5 Å². The fourth-order valence-electron chi connectivity index (χ4n) is 1.60. The summed E-state index contributed by atoms with van der Waals surface area (Å²) < 4.78 is 0.964. The Morgan fingerprint density at radius 2 is 2.20 bits per heavy atom. The highest BCUT2D eigenvalue weighted by Gasteiger charge is 2.19. The van der Waals surface area contributed by atoms with E-state index in [1.54, 1.807) is 0 Å². The molecule has 0 spiro atoms. The number of benzene rings is 1. The molecule has 0 unspecified atom stereocenters. The predicted octanol–water partition coefficient (Wildman–Crippen LogP) is 3.99. The molecule has 0 atom stereocenters. The Labute approximate surface area is 104 Å². The van der Waals surface area contributed by atoms with Crippen molar-refractivity contribution >= 4 is 27.5 Å². The van der Waals surface area contributed by atoms with Gasteiger partial charge in [0, 0.05) is 11.0 Å². The second kappa shape index (κ2) is 5.33. The van der Waals surface area contributed by atoms with Crippen LogP contribution < -0.4 is 5.32 Å². The van der Waals surface area contributed by atoms with Gasteiger partial charge >= 0.3 is 0 Å². The highest BCUT2D eigenvalue weighted by atomic mass is 79.9. The minimum Gasteiger partial charge on any atom is -0.313 e. The van der Waals surface area contributed by atoms with E-state index in [0.717, 1.165) is 28.5 Å². The molecule has 1 saturated carbocycles. The van der Waals surface area contributed by atoms with Crippen LogP contribution in [0.4, 0.5) is 0 Å². The van der Waals surface area contributed by atoms with Crippen molar-refractivity contribution < 1.29 is 0 Å². The second-order valence-corrected chi connectivity index (χ2v) is 5.42. The minimum absolute atomic E-state index is 0.788. The van der Waals surface area contributed by atoms with E-state index < -0.39 is 0 Å². The Morgan fingerprint density at radius 3 is 2.87 bits per heavy atom. The first-order valence-electron chi connectivity index (χ1n) is 5.40. The van der Waals surface area contributed by atoms with Gasteiger partial charge in [-0.3, -0.25) is 0 Å². The molecule has 82 valence electrons. The molecule has 3 heteroatoms. The van der Waals surface area contributed by atoms with Crippen LogP contribution in [-0.4, -0.2) is 6.54 Å². The van der Waals surface area contributed by atoms with E-state index in [1.165, 1.54) is 24.8 Å². The first kappa shape index (κ1) is 11.4. The fourth-order valence-corrected chi connectivity index (χ4v) is 2.04. The molecule has 0 heterocycles. The molecule has 0 saturated heterocycles. The molecule has 1 N–H and O–H groups in total. The summed E-state index contributed by atoms with van der Waals surface area (Å²) in [4.78, 5) is 0. The summed E-state index contributed by atoms with van der Waals surface area (Å²) in [6.45, 7) is 2.04. The van der Waals surface area contributed by atoms with Crippen molar-refractivity contribution in [3.8, 4) is 0 Å². The Bertz CT molecular complexity index is 336. The van der Waals surface area contributed by atoms with E-state index in [2.05, 4.69) is 27.3 Å². The molecule has 15 heavy (non-hydrogen) atoms. The average Bonchev–Trinajstić information content (AvgIpc) is 3.02. The third kappa shape index (κ3) is 3.78. The summed E-state index contributed by atoms with van der Waals surface area (Å²) in [6.07, 6.45) is 4.20. The van der Waals surface area contributed by atoms with E-state index in [1.807, 2.05) is 12.1 Å². The smallest absolute Gasteiger partial charge is 0.0551 e. The molecular weight excluding hydrogens is 273 g/mol. The summed E-state index contributed by atoms with van der Waals surface area (Å²) in [7, 11) is 0. The Kier molecular flexibility index (Phi) is 4.06. The summed E-state index contributed by atoms with van der Waals surface area (Å²) >= 11 is 9.40. The molecule has 2 rings (SSSR count). The topological polar surface area (TPSA) is 12.0 Å². The third-order valence-corrected chi connectivity index (χ3v) is 3.97. The van der Waals surface area contributed by atoms with E-state index in [0.29, 0.717) is 0 Å². The van der Waals surface area contributed by atoms with E-state index >= 15 is 0 Å². The van der Waals surface area contributed by atoms with Crippen LogP contribution in [0.3, 0.4) is 0 Å². The van der Waals surface area contributed by atoms with E-state index in [-0.39, 0.29) is 0 Å². The van der Waals surface area contributed by atoms with Crippen molar-refractivity contribution in [2.24, 2.45) is 5.92 Å². The van der Waals surface area contributed by atoms with Gasteiger partial charge in [-0.15, -0.1) is 0 Å². The minimum atomic E-state index is 0.788. The summed E-state index contributed by atoms with van der Waals surface area (Å²) in [5, 5.41) is 4.23. The van der Waals surface area contributed by atoms with Gasteiger partial charge in [0.2, 0.25) is 0 Å². The molecule has 0 bridgehead atoms. The van der Waals surface area contributed by atoms with Crippen LogP contribution in [0.25, 0.3) is 0 Å². The summed E-state index contributed by atoms with van der Waals surface area (Å²) in [5.41, 5.74) is 1.25. The maximum Gasteiger partial charge on any atom is 0.0551 e. The molecule has 1 aliphatic rings. The molecule has 0 radical (unpaired) electrons. The van der Waals surface area contributed by atoms with Crippen molar-refractivity contribution in [3.05, 3.63) is 33.3 Å². The molecule has 0 aliphatic heterocycles. The molecule has 0 aromatic heterocycles. The van der Waals surface area contributed by atoms with Gasteiger partial charge < -0.3 is 5.32 Å². The number of hydrogen-bond acceptors (Lipinski definition) is 1. The zero-order valence-electron chi connectivity index (χ0n) is 8.60. The lowest BCUT2D eigenvalue weighted by Gasteiger charge is -2.05. The fraction of sp³-hybridized carbons (Fsp3) is 0.500. The second-order valence-electron chi connectivity index (χ2n) is 4.16. The maximum absolute atomic E-state index is 6.01. The summed E-state index contributed by atoms with van der Waals surface area (Å²) in [6, 6.07) is 6.11. The summed E-state index contributed by atoms with van der Waals surface area (Å²) in [5.74, 6) is 1.01. The number of halogens is 2. The number of rotatable bonds is 5. The Hall–Kier alpha value is -0.0500. The molecule has 1 aromatic carbocycles. The van der Waals surface area contributed by atoms with Gasteiger partial charge in [-0.1, -0.05) is 30.5 Å². The van der Waals surface area contributed by atoms with E-state index in [9.17, 15) is 0 Å². The van der Waals surface area contributed by atoms with Gasteiger partial charge in [-0.25, -0.2) is 0 Å². The van der Waals surface area contributed by atoms with Crippen molar-refractivity contribution in [1.29, 1.82) is 0 Å². The molecular formula is C12H15BrClN. The van der Waals surface area contributed by atoms with Crippen LogP contribution in [-0.2, 0) is 6.54 Å². The van der Waals surface area contributed by atoms with Crippen molar-refractivity contribution in [2.75, 3.05) is 6.54 Å². The standard InChI is InChI=1S/C12H15BrClN/c13-11-4-3-10(7-12(11)14)8-15-6-5-9-1-2-9/h3-4,7,9,15H,1-2,5-6,8H2. The highest BCUT2D eigenvalue weighted by Crippen LogP contribution is 2.31. The van der Waals surface area contributed by atoms with Gasteiger partial charge in [-0.2, -0.15) is 0 Å². The van der Waals surface area contributed by atoms with Crippen LogP contribution in [0.2, 0.25) is 5.02 Å². The highest BCUT2D eigenvalue weighted by molar-refractivity contribution is 9.10. The number of nitrogens with one attached hydrogen (secondary N) is 1. The molecule has 1 fully saturated rings. The monoisotopic (exact) mass is 287 g/mol. The SMILES string of the molecule is Clc1cc(CNCCC2CC2)ccc1Br. The van der Waals surface area contributed by atoms with Crippen molar-refractivity contribution in [3.63, 3.8) is 0 Å². The first-order valence-corrected chi connectivity index (χ1v) is 6.57. The maximum atomic E-state index is 6.01. The molecule has 0 amide bonds. The van der Waals surface area contributed by atoms with Gasteiger partial charge in [0.05, 0.1) is 5.02 Å². The predicted molar refractivity (Wildman–Crippen MR) is 68.2 cm³/mol. The first-order chi connectivity index (χ1) is 7.25. The van der Waals surface area contributed by atoms with Crippen molar-refractivity contribution in [2.45, 2.75) is 25.8 Å². The zero-order chi connectivity index (χ0) is 10.7. The quantitative estimate of drug-likeness (QED) is 0.808. The van der Waals surface area contributed by atoms with Crippen LogP contribution in [0.1, 0.15) is 24.8 Å². The van der Waals surface area contributed by atoms with Crippen LogP contribution in [0.5, 0.6) is 0 Å². The third-order valence-electron chi connectivity index (χ3n) is 2.74. The lowest BCUT2D eigenvalue weighted by molar-refractivity contribution is 0.613. The Balaban J connectivity index is 1.74. The molecule has 1 nitrogen and oxygen atoms in total. The lowest BCUT2D eigenvalue weighted by Crippen LogP contribution is -2.15. The van der Waals surface area contributed by atoms with Crippen LogP contribution in [0.15, 0.2) is 22.7 Å². The van der Waals surface area contributed by atoms with Gasteiger partial charge in [0.15, 0.2) is 0 Å². The molecule has 1 aliphatic carbocycles. The Morgan fingerprint density at radius 1 is 1.40 bits per heavy atom. The van der Waals surface area contributed by atoms with E-state index in [4.69, 9.17) is 11.6 Å². The lowest BCUT2D eigenvalue weighted by atomic mass is 10.2. The van der Waals surface area contributed by atoms with Gasteiger partial charge in [-0.05, 0) is 52.5 Å². The normalized spacial score (nSPS) is 15.6. The largest absolute Gasteiger partial charge is 0.313 e. The zero-order valence-corrected chi connectivity index (χ0v) is 10.9. The van der Waals surface area contributed by atoms with Crippen molar-refractivity contribution in [1.82, 2.24) is 5.32 Å².